The molecule has 0 atom stereocenters. The third-order valence-electron chi connectivity index (χ3n) is 3.30. The van der Waals surface area contributed by atoms with Gasteiger partial charge in [0.25, 0.3) is 5.56 Å². The third-order valence-corrected chi connectivity index (χ3v) is 3.30. The van der Waals surface area contributed by atoms with Crippen LogP contribution in [0.4, 0.5) is 0 Å². The molecule has 0 aliphatic heterocycles. The smallest absolute Gasteiger partial charge is 0.303 e. The highest BCUT2D eigenvalue weighted by molar-refractivity contribution is 5.67. The van der Waals surface area contributed by atoms with Crippen molar-refractivity contribution in [2.75, 3.05) is 0 Å². The van der Waals surface area contributed by atoms with Gasteiger partial charge in [0.2, 0.25) is 0 Å². The molecule has 5 nitrogen and oxygen atoms in total. The molecule has 1 aromatic carbocycles. The molecule has 0 amide bonds. The van der Waals surface area contributed by atoms with Gasteiger partial charge in [-0.2, -0.15) is 5.10 Å². The minimum absolute atomic E-state index is 0.0592. The maximum atomic E-state index is 12.2. The second-order valence-corrected chi connectivity index (χ2v) is 4.94. The van der Waals surface area contributed by atoms with E-state index in [0.717, 1.165) is 11.1 Å². The van der Waals surface area contributed by atoms with Gasteiger partial charge in [0.05, 0.1) is 5.69 Å². The highest BCUT2D eigenvalue weighted by Gasteiger charge is 2.10. The summed E-state index contributed by atoms with van der Waals surface area (Å²) in [7, 11) is 0. The third kappa shape index (κ3) is 3.56. The van der Waals surface area contributed by atoms with Gasteiger partial charge >= 0.3 is 5.97 Å². The molecule has 1 N–H and O–H groups in total. The lowest BCUT2D eigenvalue weighted by molar-refractivity contribution is -0.136. The van der Waals surface area contributed by atoms with E-state index in [9.17, 15) is 9.59 Å². The maximum absolute atomic E-state index is 12.2. The van der Waals surface area contributed by atoms with Crippen LogP contribution in [0.1, 0.15) is 24.5 Å². The largest absolute Gasteiger partial charge is 0.481 e. The van der Waals surface area contributed by atoms with Gasteiger partial charge in [0.1, 0.15) is 0 Å². The number of nitrogens with zero attached hydrogens (tertiary/aromatic N) is 2. The zero-order valence-electron chi connectivity index (χ0n) is 12.2. The van der Waals surface area contributed by atoms with Crippen LogP contribution < -0.4 is 5.56 Å². The number of hydrogen-bond acceptors (Lipinski definition) is 3. The van der Waals surface area contributed by atoms with E-state index in [1.54, 1.807) is 6.07 Å². The molecule has 0 radical (unpaired) electrons. The van der Waals surface area contributed by atoms with Crippen molar-refractivity contribution < 1.29 is 9.90 Å². The Bertz CT molecular complexity index is 702. The summed E-state index contributed by atoms with van der Waals surface area (Å²) in [5.74, 6) is -0.911. The van der Waals surface area contributed by atoms with Gasteiger partial charge in [-0.1, -0.05) is 29.8 Å². The van der Waals surface area contributed by atoms with Crippen molar-refractivity contribution in [3.63, 3.8) is 0 Å². The number of aromatic nitrogens is 2. The number of rotatable bonds is 5. The Labute approximate surface area is 122 Å². The van der Waals surface area contributed by atoms with E-state index in [4.69, 9.17) is 5.11 Å². The molecule has 2 rings (SSSR count). The van der Waals surface area contributed by atoms with Crippen molar-refractivity contribution in [2.45, 2.75) is 33.2 Å². The molecule has 1 heterocycles. The van der Waals surface area contributed by atoms with E-state index in [1.807, 2.05) is 38.1 Å². The highest BCUT2D eigenvalue weighted by Crippen LogP contribution is 2.17. The average Bonchev–Trinajstić information content (AvgIpc) is 2.47. The second-order valence-electron chi connectivity index (χ2n) is 4.94. The predicted molar refractivity (Wildman–Crippen MR) is 80.3 cm³/mol. The van der Waals surface area contributed by atoms with Crippen molar-refractivity contribution in [3.8, 4) is 11.3 Å². The summed E-state index contributed by atoms with van der Waals surface area (Å²) in [4.78, 5) is 22.9. The SMILES string of the molecule is CCn1nc(-c2ccc(C)cc2)cc(CCC(=O)O)c1=O. The van der Waals surface area contributed by atoms with Crippen molar-refractivity contribution in [1.29, 1.82) is 0 Å². The lowest BCUT2D eigenvalue weighted by atomic mass is 10.1. The van der Waals surface area contributed by atoms with E-state index < -0.39 is 5.97 Å². The Morgan fingerprint density at radius 2 is 1.95 bits per heavy atom. The monoisotopic (exact) mass is 286 g/mol. The van der Waals surface area contributed by atoms with Gasteiger partial charge in [0.15, 0.2) is 0 Å². The molecular formula is C16H18N2O3. The number of carboxylic acid groups (broad SMARTS) is 1. The molecule has 5 heteroatoms. The molecule has 0 spiro atoms. The van der Waals surface area contributed by atoms with Crippen molar-refractivity contribution in [3.05, 3.63) is 51.8 Å². The van der Waals surface area contributed by atoms with Crippen LogP contribution in [0.2, 0.25) is 0 Å². The zero-order valence-corrected chi connectivity index (χ0v) is 12.2. The van der Waals surface area contributed by atoms with E-state index in [1.165, 1.54) is 4.68 Å². The summed E-state index contributed by atoms with van der Waals surface area (Å²) in [5.41, 5.74) is 3.03. The highest BCUT2D eigenvalue weighted by atomic mass is 16.4. The Kier molecular flexibility index (Phi) is 4.52. The van der Waals surface area contributed by atoms with E-state index in [2.05, 4.69) is 5.10 Å². The van der Waals surface area contributed by atoms with Gasteiger partial charge in [-0.05, 0) is 26.3 Å². The number of carboxylic acids is 1. The fourth-order valence-corrected chi connectivity index (χ4v) is 2.10. The molecule has 2 aromatic rings. The molecule has 1 aromatic heterocycles. The van der Waals surface area contributed by atoms with Crippen LogP contribution in [-0.2, 0) is 17.8 Å². The molecule has 0 saturated heterocycles. The number of carbonyl (C=O) groups is 1. The molecular weight excluding hydrogens is 268 g/mol. The summed E-state index contributed by atoms with van der Waals surface area (Å²) < 4.78 is 1.38. The van der Waals surface area contributed by atoms with Crippen molar-refractivity contribution in [1.82, 2.24) is 9.78 Å². The number of aryl methyl sites for hydroxylation is 3. The summed E-state index contributed by atoms with van der Waals surface area (Å²) >= 11 is 0. The molecule has 0 bridgehead atoms. The minimum atomic E-state index is -0.911. The summed E-state index contributed by atoms with van der Waals surface area (Å²) in [5, 5.41) is 13.1. The zero-order chi connectivity index (χ0) is 15.4. The van der Waals surface area contributed by atoms with E-state index >= 15 is 0 Å². The average molecular weight is 286 g/mol. The first kappa shape index (κ1) is 15.0. The Morgan fingerprint density at radius 3 is 2.52 bits per heavy atom. The van der Waals surface area contributed by atoms with E-state index in [0.29, 0.717) is 17.8 Å². The molecule has 110 valence electrons. The van der Waals surface area contributed by atoms with Crippen LogP contribution in [0.15, 0.2) is 35.1 Å². The fraction of sp³-hybridized carbons (Fsp3) is 0.312. The predicted octanol–water partition coefficient (Wildman–Crippen LogP) is 2.26. The molecule has 0 aliphatic rings. The Morgan fingerprint density at radius 1 is 1.29 bits per heavy atom. The quantitative estimate of drug-likeness (QED) is 0.915. The Balaban J connectivity index is 2.46. The first-order chi connectivity index (χ1) is 10.0. The first-order valence-electron chi connectivity index (χ1n) is 6.91. The number of benzene rings is 1. The van der Waals surface area contributed by atoms with Crippen LogP contribution in [0.25, 0.3) is 11.3 Å². The van der Waals surface area contributed by atoms with E-state index in [-0.39, 0.29) is 18.4 Å². The first-order valence-corrected chi connectivity index (χ1v) is 6.91. The van der Waals surface area contributed by atoms with Gasteiger partial charge < -0.3 is 5.11 Å². The molecule has 0 unspecified atom stereocenters. The summed E-state index contributed by atoms with van der Waals surface area (Å²) in [6.07, 6.45) is 0.159. The standard InChI is InChI=1S/C16H18N2O3/c1-3-18-16(21)13(8-9-15(19)20)10-14(17-18)12-6-4-11(2)5-7-12/h4-7,10H,3,8-9H2,1-2H3,(H,19,20). The number of hydrogen-bond donors (Lipinski definition) is 1. The van der Waals surface area contributed by atoms with Gasteiger partial charge in [0, 0.05) is 24.1 Å². The normalized spacial score (nSPS) is 10.6. The van der Waals surface area contributed by atoms with Crippen LogP contribution in [-0.4, -0.2) is 20.9 Å². The lowest BCUT2D eigenvalue weighted by Crippen LogP contribution is -2.26. The van der Waals surface area contributed by atoms with Gasteiger partial charge in [-0.15, -0.1) is 0 Å². The van der Waals surface area contributed by atoms with Gasteiger partial charge in [-0.3, -0.25) is 9.59 Å². The van der Waals surface area contributed by atoms with Crippen LogP contribution in [0.5, 0.6) is 0 Å². The lowest BCUT2D eigenvalue weighted by Gasteiger charge is -2.09. The van der Waals surface area contributed by atoms with Crippen LogP contribution in [0.3, 0.4) is 0 Å². The van der Waals surface area contributed by atoms with Gasteiger partial charge in [-0.25, -0.2) is 4.68 Å². The Hall–Kier alpha value is -2.43. The molecule has 0 fully saturated rings. The maximum Gasteiger partial charge on any atom is 0.303 e. The van der Waals surface area contributed by atoms with Crippen molar-refractivity contribution in [2.24, 2.45) is 0 Å². The minimum Gasteiger partial charge on any atom is -0.481 e. The molecule has 0 saturated carbocycles. The topological polar surface area (TPSA) is 72.2 Å². The van der Waals surface area contributed by atoms with Crippen LogP contribution >= 0.6 is 0 Å². The molecule has 21 heavy (non-hydrogen) atoms. The van der Waals surface area contributed by atoms with Crippen molar-refractivity contribution >= 4 is 5.97 Å². The molecule has 0 aliphatic carbocycles. The fourth-order valence-electron chi connectivity index (χ4n) is 2.10. The second kappa shape index (κ2) is 6.35. The summed E-state index contributed by atoms with van der Waals surface area (Å²) in [6, 6.07) is 9.55. The number of aliphatic carboxylic acids is 1. The van der Waals surface area contributed by atoms with Crippen LogP contribution in [0, 0.1) is 6.92 Å². The summed E-state index contributed by atoms with van der Waals surface area (Å²) in [6.45, 7) is 4.30.